The summed E-state index contributed by atoms with van der Waals surface area (Å²) >= 11 is 3.33. The lowest BCUT2D eigenvalue weighted by atomic mass is 10.1. The van der Waals surface area contributed by atoms with Gasteiger partial charge in [0.05, 0.1) is 18.5 Å². The van der Waals surface area contributed by atoms with Gasteiger partial charge in [0, 0.05) is 13.1 Å². The van der Waals surface area contributed by atoms with Crippen molar-refractivity contribution in [3.63, 3.8) is 0 Å². The van der Waals surface area contributed by atoms with Gasteiger partial charge in [-0.05, 0) is 15.9 Å². The Kier molecular flexibility index (Phi) is 3.84. The van der Waals surface area contributed by atoms with Crippen molar-refractivity contribution in [2.24, 2.45) is 12.9 Å². The fraction of sp³-hybridized carbons (Fsp3) is 0.333. The standard InChI is InChI=1S/C9H12BrN7O/c1-17-8(9(10)15-16-17)7(14-11)5-3-6(18-2)13-4-12-5/h3-4,7,14H,11H2,1-2H3. The zero-order valence-electron chi connectivity index (χ0n) is 9.83. The van der Waals surface area contributed by atoms with E-state index < -0.39 is 0 Å². The second kappa shape index (κ2) is 5.38. The Morgan fingerprint density at radius 3 is 2.83 bits per heavy atom. The number of methoxy groups -OCH3 is 1. The Morgan fingerprint density at radius 1 is 1.50 bits per heavy atom. The molecule has 0 bridgehead atoms. The number of hydrogen-bond acceptors (Lipinski definition) is 7. The minimum atomic E-state index is -0.365. The molecule has 0 aromatic carbocycles. The highest BCUT2D eigenvalue weighted by atomic mass is 79.9. The van der Waals surface area contributed by atoms with E-state index in [1.807, 2.05) is 0 Å². The smallest absolute Gasteiger partial charge is 0.216 e. The van der Waals surface area contributed by atoms with Gasteiger partial charge in [-0.2, -0.15) is 0 Å². The molecule has 0 saturated carbocycles. The molecule has 2 aromatic heterocycles. The molecule has 0 aliphatic rings. The van der Waals surface area contributed by atoms with Crippen molar-refractivity contribution >= 4 is 15.9 Å². The van der Waals surface area contributed by atoms with Gasteiger partial charge < -0.3 is 4.74 Å². The molecule has 0 saturated heterocycles. The predicted molar refractivity (Wildman–Crippen MR) is 66.5 cm³/mol. The minimum Gasteiger partial charge on any atom is -0.481 e. The number of aromatic nitrogens is 5. The third-order valence-corrected chi connectivity index (χ3v) is 3.00. The molecule has 9 heteroatoms. The Labute approximate surface area is 112 Å². The first-order chi connectivity index (χ1) is 8.67. The van der Waals surface area contributed by atoms with E-state index >= 15 is 0 Å². The number of hydrazine groups is 1. The van der Waals surface area contributed by atoms with E-state index in [1.54, 1.807) is 24.9 Å². The maximum atomic E-state index is 5.58. The molecule has 2 rings (SSSR count). The zero-order chi connectivity index (χ0) is 13.1. The first kappa shape index (κ1) is 12.9. The maximum Gasteiger partial charge on any atom is 0.216 e. The average molecular weight is 314 g/mol. The minimum absolute atomic E-state index is 0.365. The number of aryl methyl sites for hydroxylation is 1. The van der Waals surface area contributed by atoms with Crippen LogP contribution in [0.1, 0.15) is 17.4 Å². The van der Waals surface area contributed by atoms with Crippen LogP contribution in [0.3, 0.4) is 0 Å². The van der Waals surface area contributed by atoms with E-state index in [1.165, 1.54) is 6.33 Å². The molecule has 3 N–H and O–H groups in total. The van der Waals surface area contributed by atoms with Crippen LogP contribution in [0.5, 0.6) is 5.88 Å². The van der Waals surface area contributed by atoms with Crippen molar-refractivity contribution in [1.29, 1.82) is 0 Å². The van der Waals surface area contributed by atoms with Gasteiger partial charge in [-0.15, -0.1) is 5.10 Å². The Balaban J connectivity index is 2.45. The summed E-state index contributed by atoms with van der Waals surface area (Å²) in [5.41, 5.74) is 4.10. The van der Waals surface area contributed by atoms with Crippen molar-refractivity contribution in [1.82, 2.24) is 30.4 Å². The first-order valence-corrected chi connectivity index (χ1v) is 5.83. The van der Waals surface area contributed by atoms with Crippen molar-refractivity contribution in [3.8, 4) is 5.88 Å². The largest absolute Gasteiger partial charge is 0.481 e. The van der Waals surface area contributed by atoms with Crippen molar-refractivity contribution in [3.05, 3.63) is 28.4 Å². The highest BCUT2D eigenvalue weighted by molar-refractivity contribution is 9.10. The van der Waals surface area contributed by atoms with Gasteiger partial charge in [0.1, 0.15) is 12.4 Å². The lowest BCUT2D eigenvalue weighted by Crippen LogP contribution is -2.31. The molecule has 0 aliphatic heterocycles. The third-order valence-electron chi connectivity index (χ3n) is 2.43. The van der Waals surface area contributed by atoms with Gasteiger partial charge in [0.25, 0.3) is 0 Å². The van der Waals surface area contributed by atoms with E-state index in [0.29, 0.717) is 16.2 Å². The van der Waals surface area contributed by atoms with E-state index in [-0.39, 0.29) is 6.04 Å². The van der Waals surface area contributed by atoms with Crippen LogP contribution in [0.2, 0.25) is 0 Å². The number of nitrogens with one attached hydrogen (secondary N) is 1. The fourth-order valence-electron chi connectivity index (χ4n) is 1.57. The molecule has 1 atom stereocenters. The molecule has 8 nitrogen and oxygen atoms in total. The molecule has 2 heterocycles. The van der Waals surface area contributed by atoms with Gasteiger partial charge in [0.15, 0.2) is 4.60 Å². The predicted octanol–water partition coefficient (Wildman–Crippen LogP) is -0.0711. The Bertz CT molecular complexity index is 524. The number of halogens is 1. The fourth-order valence-corrected chi connectivity index (χ4v) is 2.13. The SMILES string of the molecule is COc1cc(C(NN)c2c(Br)nnn2C)ncn1. The summed E-state index contributed by atoms with van der Waals surface area (Å²) in [6.07, 6.45) is 1.41. The molecular weight excluding hydrogens is 302 g/mol. The monoisotopic (exact) mass is 313 g/mol. The van der Waals surface area contributed by atoms with E-state index in [2.05, 4.69) is 41.6 Å². The van der Waals surface area contributed by atoms with Crippen LogP contribution in [0.4, 0.5) is 0 Å². The lowest BCUT2D eigenvalue weighted by Gasteiger charge is -2.15. The number of rotatable bonds is 4. The topological polar surface area (TPSA) is 104 Å². The summed E-state index contributed by atoms with van der Waals surface area (Å²) < 4.78 is 7.27. The van der Waals surface area contributed by atoms with Crippen LogP contribution < -0.4 is 16.0 Å². The molecule has 0 aliphatic carbocycles. The van der Waals surface area contributed by atoms with Crippen LogP contribution in [0, 0.1) is 0 Å². The number of nitrogens with two attached hydrogens (primary N) is 1. The summed E-state index contributed by atoms with van der Waals surface area (Å²) in [7, 11) is 3.31. The normalized spacial score (nSPS) is 12.4. The first-order valence-electron chi connectivity index (χ1n) is 5.04. The lowest BCUT2D eigenvalue weighted by molar-refractivity contribution is 0.394. The van der Waals surface area contributed by atoms with Crippen LogP contribution in [0.25, 0.3) is 0 Å². The number of hydrogen-bond donors (Lipinski definition) is 2. The van der Waals surface area contributed by atoms with E-state index in [0.717, 1.165) is 5.69 Å². The van der Waals surface area contributed by atoms with E-state index in [9.17, 15) is 0 Å². The summed E-state index contributed by atoms with van der Waals surface area (Å²) in [6, 6.07) is 1.33. The van der Waals surface area contributed by atoms with Crippen LogP contribution >= 0.6 is 15.9 Å². The van der Waals surface area contributed by atoms with Gasteiger partial charge in [-0.3, -0.25) is 5.84 Å². The Morgan fingerprint density at radius 2 is 2.28 bits per heavy atom. The number of ether oxygens (including phenoxy) is 1. The second-order valence-corrected chi connectivity index (χ2v) is 4.23. The summed E-state index contributed by atoms with van der Waals surface area (Å²) in [5.74, 6) is 6.05. The number of nitrogens with zero attached hydrogens (tertiary/aromatic N) is 5. The molecule has 96 valence electrons. The van der Waals surface area contributed by atoms with Gasteiger partial charge in [-0.25, -0.2) is 20.1 Å². The van der Waals surface area contributed by atoms with Crippen LogP contribution in [0.15, 0.2) is 17.0 Å². The summed E-state index contributed by atoms with van der Waals surface area (Å²) in [5, 5.41) is 7.82. The van der Waals surface area contributed by atoms with Crippen LogP contribution in [-0.2, 0) is 7.05 Å². The molecule has 2 aromatic rings. The molecule has 0 fully saturated rings. The van der Waals surface area contributed by atoms with Gasteiger partial charge in [0.2, 0.25) is 5.88 Å². The zero-order valence-corrected chi connectivity index (χ0v) is 11.4. The highest BCUT2D eigenvalue weighted by Crippen LogP contribution is 2.25. The highest BCUT2D eigenvalue weighted by Gasteiger charge is 2.22. The molecule has 0 radical (unpaired) electrons. The average Bonchev–Trinajstić information content (AvgIpc) is 2.72. The van der Waals surface area contributed by atoms with Gasteiger partial charge >= 0.3 is 0 Å². The van der Waals surface area contributed by atoms with E-state index in [4.69, 9.17) is 10.6 Å². The van der Waals surface area contributed by atoms with Gasteiger partial charge in [-0.1, -0.05) is 5.21 Å². The molecule has 0 amide bonds. The van der Waals surface area contributed by atoms with Crippen molar-refractivity contribution in [2.45, 2.75) is 6.04 Å². The molecule has 1 unspecified atom stereocenters. The Hall–Kier alpha value is -1.58. The third kappa shape index (κ3) is 2.33. The van der Waals surface area contributed by atoms with Crippen molar-refractivity contribution in [2.75, 3.05) is 7.11 Å². The van der Waals surface area contributed by atoms with Crippen LogP contribution in [-0.4, -0.2) is 32.1 Å². The van der Waals surface area contributed by atoms with Crippen molar-refractivity contribution < 1.29 is 4.74 Å². The second-order valence-electron chi connectivity index (χ2n) is 3.47. The maximum absolute atomic E-state index is 5.58. The molecular formula is C9H12BrN7O. The molecule has 18 heavy (non-hydrogen) atoms. The summed E-state index contributed by atoms with van der Waals surface area (Å²) in [4.78, 5) is 8.12. The molecule has 0 spiro atoms. The summed E-state index contributed by atoms with van der Waals surface area (Å²) in [6.45, 7) is 0. The quantitative estimate of drug-likeness (QED) is 0.601.